The zero-order valence-electron chi connectivity index (χ0n) is 13.5. The van der Waals surface area contributed by atoms with Gasteiger partial charge in [0.2, 0.25) is 10.0 Å². The van der Waals surface area contributed by atoms with Crippen molar-refractivity contribution in [2.24, 2.45) is 0 Å². The minimum absolute atomic E-state index is 0.0880. The van der Waals surface area contributed by atoms with Crippen LogP contribution in [0.5, 0.6) is 5.75 Å². The van der Waals surface area contributed by atoms with Crippen molar-refractivity contribution in [2.45, 2.75) is 0 Å². The van der Waals surface area contributed by atoms with E-state index in [1.165, 1.54) is 11.4 Å². The molecular formula is C15H23N3O4S. The van der Waals surface area contributed by atoms with E-state index in [1.807, 2.05) is 7.05 Å². The Bertz CT molecular complexity index is 640. The van der Waals surface area contributed by atoms with Crippen LogP contribution in [-0.4, -0.2) is 76.2 Å². The maximum Gasteiger partial charge on any atom is 0.251 e. The Labute approximate surface area is 137 Å². The first-order valence-corrected chi connectivity index (χ1v) is 9.12. The predicted molar refractivity (Wildman–Crippen MR) is 88.2 cm³/mol. The summed E-state index contributed by atoms with van der Waals surface area (Å²) in [4.78, 5) is 14.1. The number of nitrogens with one attached hydrogen (secondary N) is 1. The molecule has 1 aliphatic heterocycles. The summed E-state index contributed by atoms with van der Waals surface area (Å²) >= 11 is 0. The van der Waals surface area contributed by atoms with Gasteiger partial charge in [-0.1, -0.05) is 6.07 Å². The molecule has 1 saturated heterocycles. The highest BCUT2D eigenvalue weighted by atomic mass is 32.2. The van der Waals surface area contributed by atoms with Gasteiger partial charge < -0.3 is 15.0 Å². The summed E-state index contributed by atoms with van der Waals surface area (Å²) in [6.07, 6.45) is 0. The number of rotatable bonds is 6. The quantitative estimate of drug-likeness (QED) is 0.788. The van der Waals surface area contributed by atoms with E-state index in [-0.39, 0.29) is 18.2 Å². The Morgan fingerprint density at radius 1 is 1.26 bits per heavy atom. The number of methoxy groups -OCH3 is 1. The lowest BCUT2D eigenvalue weighted by atomic mass is 10.2. The molecule has 0 aliphatic carbocycles. The number of nitrogens with zero attached hydrogens (tertiary/aromatic N) is 2. The van der Waals surface area contributed by atoms with Crippen LogP contribution in [0, 0.1) is 0 Å². The van der Waals surface area contributed by atoms with E-state index < -0.39 is 10.0 Å². The number of amides is 1. The predicted octanol–water partition coefficient (Wildman–Crippen LogP) is 0.00220. The molecule has 0 aromatic heterocycles. The minimum Gasteiger partial charge on any atom is -0.497 e. The van der Waals surface area contributed by atoms with Crippen LogP contribution in [0.1, 0.15) is 10.4 Å². The first-order chi connectivity index (χ1) is 10.9. The molecule has 23 heavy (non-hydrogen) atoms. The van der Waals surface area contributed by atoms with Crippen LogP contribution in [0.2, 0.25) is 0 Å². The summed E-state index contributed by atoms with van der Waals surface area (Å²) in [6.45, 7) is 2.56. The van der Waals surface area contributed by atoms with Gasteiger partial charge in [0.1, 0.15) is 5.75 Å². The normalized spacial score (nSPS) is 17.0. The molecular weight excluding hydrogens is 318 g/mol. The first-order valence-electron chi connectivity index (χ1n) is 7.51. The van der Waals surface area contributed by atoms with E-state index in [0.717, 1.165) is 13.1 Å². The van der Waals surface area contributed by atoms with Gasteiger partial charge in [0.15, 0.2) is 0 Å². The number of sulfonamides is 1. The number of carbonyl (C=O) groups is 1. The van der Waals surface area contributed by atoms with Crippen molar-refractivity contribution in [2.75, 3.05) is 52.6 Å². The van der Waals surface area contributed by atoms with E-state index in [2.05, 4.69) is 10.2 Å². The molecule has 0 atom stereocenters. The largest absolute Gasteiger partial charge is 0.497 e. The molecule has 1 amide bonds. The number of benzene rings is 1. The molecule has 128 valence electrons. The molecule has 1 N–H and O–H groups in total. The van der Waals surface area contributed by atoms with Gasteiger partial charge in [0.05, 0.1) is 12.9 Å². The summed E-state index contributed by atoms with van der Waals surface area (Å²) in [5, 5.41) is 2.64. The van der Waals surface area contributed by atoms with Crippen molar-refractivity contribution in [1.29, 1.82) is 0 Å². The molecule has 0 unspecified atom stereocenters. The van der Waals surface area contributed by atoms with Gasteiger partial charge in [0, 0.05) is 38.3 Å². The van der Waals surface area contributed by atoms with Crippen LogP contribution in [0.3, 0.4) is 0 Å². The fourth-order valence-electron chi connectivity index (χ4n) is 2.36. The van der Waals surface area contributed by atoms with Crippen molar-refractivity contribution in [3.05, 3.63) is 29.8 Å². The Balaban J connectivity index is 1.84. The monoisotopic (exact) mass is 341 g/mol. The molecule has 0 bridgehead atoms. The summed E-state index contributed by atoms with van der Waals surface area (Å²) in [6, 6.07) is 6.74. The maximum atomic E-state index is 12.2. The Morgan fingerprint density at radius 3 is 2.61 bits per heavy atom. The second-order valence-electron chi connectivity index (χ2n) is 5.51. The standard InChI is InChI=1S/C15H23N3O4S/c1-17-7-9-18(10-8-17)23(20,21)11-6-16-15(19)13-4-3-5-14(12-13)22-2/h3-5,12H,6-11H2,1-2H3,(H,16,19). The molecule has 1 aliphatic rings. The van der Waals surface area contributed by atoms with Crippen molar-refractivity contribution in [1.82, 2.24) is 14.5 Å². The lowest BCUT2D eigenvalue weighted by molar-refractivity contribution is 0.0955. The van der Waals surface area contributed by atoms with Gasteiger partial charge >= 0.3 is 0 Å². The van der Waals surface area contributed by atoms with Gasteiger partial charge in [-0.15, -0.1) is 0 Å². The average molecular weight is 341 g/mol. The zero-order valence-corrected chi connectivity index (χ0v) is 14.3. The highest BCUT2D eigenvalue weighted by molar-refractivity contribution is 7.89. The Hall–Kier alpha value is -1.64. The molecule has 1 aromatic carbocycles. The molecule has 0 radical (unpaired) electrons. The molecule has 0 spiro atoms. The van der Waals surface area contributed by atoms with Gasteiger partial charge in [-0.3, -0.25) is 4.79 Å². The molecule has 1 heterocycles. The summed E-state index contributed by atoms with van der Waals surface area (Å²) in [7, 11) is 0.168. The average Bonchev–Trinajstić information content (AvgIpc) is 2.55. The summed E-state index contributed by atoms with van der Waals surface area (Å²) in [5.74, 6) is 0.187. The van der Waals surface area contributed by atoms with E-state index in [0.29, 0.717) is 24.4 Å². The molecule has 2 rings (SSSR count). The second kappa shape index (κ2) is 7.76. The number of likely N-dealkylation sites (N-methyl/N-ethyl adjacent to an activating group) is 1. The molecule has 1 aromatic rings. The molecule has 1 fully saturated rings. The molecule has 8 heteroatoms. The van der Waals surface area contributed by atoms with E-state index >= 15 is 0 Å². The van der Waals surface area contributed by atoms with Gasteiger partial charge in [-0.25, -0.2) is 8.42 Å². The van der Waals surface area contributed by atoms with Crippen LogP contribution in [0.25, 0.3) is 0 Å². The van der Waals surface area contributed by atoms with Crippen LogP contribution in [0.15, 0.2) is 24.3 Å². The zero-order chi connectivity index (χ0) is 16.9. The van der Waals surface area contributed by atoms with Gasteiger partial charge in [0.25, 0.3) is 5.91 Å². The van der Waals surface area contributed by atoms with Crippen LogP contribution >= 0.6 is 0 Å². The number of carbonyl (C=O) groups excluding carboxylic acids is 1. The maximum absolute atomic E-state index is 12.2. The van der Waals surface area contributed by atoms with Crippen molar-refractivity contribution in [3.8, 4) is 5.75 Å². The minimum atomic E-state index is -3.33. The lowest BCUT2D eigenvalue weighted by Crippen LogP contribution is -2.48. The number of hydrogen-bond donors (Lipinski definition) is 1. The third-order valence-electron chi connectivity index (χ3n) is 3.83. The van der Waals surface area contributed by atoms with Crippen LogP contribution < -0.4 is 10.1 Å². The fraction of sp³-hybridized carbons (Fsp3) is 0.533. The molecule has 7 nitrogen and oxygen atoms in total. The first kappa shape index (κ1) is 17.7. The number of ether oxygens (including phenoxy) is 1. The second-order valence-corrected chi connectivity index (χ2v) is 7.59. The fourth-order valence-corrected chi connectivity index (χ4v) is 3.69. The van der Waals surface area contributed by atoms with Gasteiger partial charge in [-0.05, 0) is 25.2 Å². The number of hydrogen-bond acceptors (Lipinski definition) is 5. The SMILES string of the molecule is COc1cccc(C(=O)NCCS(=O)(=O)N2CCN(C)CC2)c1. The van der Waals surface area contributed by atoms with Crippen LogP contribution in [0.4, 0.5) is 0 Å². The molecule has 0 saturated carbocycles. The smallest absolute Gasteiger partial charge is 0.251 e. The highest BCUT2D eigenvalue weighted by Gasteiger charge is 2.25. The van der Waals surface area contributed by atoms with E-state index in [4.69, 9.17) is 4.74 Å². The summed E-state index contributed by atoms with van der Waals surface area (Å²) in [5.41, 5.74) is 0.446. The third-order valence-corrected chi connectivity index (χ3v) is 5.71. The third kappa shape index (κ3) is 4.92. The highest BCUT2D eigenvalue weighted by Crippen LogP contribution is 2.12. The Kier molecular flexibility index (Phi) is 5.97. The lowest BCUT2D eigenvalue weighted by Gasteiger charge is -2.31. The summed E-state index contributed by atoms with van der Waals surface area (Å²) < 4.78 is 31.0. The Morgan fingerprint density at radius 2 is 1.96 bits per heavy atom. The topological polar surface area (TPSA) is 78.9 Å². The van der Waals surface area contributed by atoms with Crippen molar-refractivity contribution in [3.63, 3.8) is 0 Å². The number of piperazine rings is 1. The van der Waals surface area contributed by atoms with Crippen molar-refractivity contribution >= 4 is 15.9 Å². The van der Waals surface area contributed by atoms with Gasteiger partial charge in [-0.2, -0.15) is 4.31 Å². The van der Waals surface area contributed by atoms with E-state index in [1.54, 1.807) is 24.3 Å². The van der Waals surface area contributed by atoms with Crippen molar-refractivity contribution < 1.29 is 17.9 Å². The van der Waals surface area contributed by atoms with E-state index in [9.17, 15) is 13.2 Å². The van der Waals surface area contributed by atoms with Crippen LogP contribution in [-0.2, 0) is 10.0 Å².